The zero-order chi connectivity index (χ0) is 15.2. The van der Waals surface area contributed by atoms with Crippen molar-refractivity contribution in [2.75, 3.05) is 5.73 Å². The Labute approximate surface area is 130 Å². The molecule has 1 aromatic heterocycles. The van der Waals surface area contributed by atoms with Crippen molar-refractivity contribution < 1.29 is 13.2 Å². The van der Waals surface area contributed by atoms with E-state index in [4.69, 9.17) is 5.73 Å². The standard InChI is InChI=1S/C14H8BrF3N2S/c15-8-2-4-12-11(6-8)20-13(21-12)9-5-7(14(16,17)18)1-3-10(9)19/h1-6H,19H2. The van der Waals surface area contributed by atoms with Crippen molar-refractivity contribution in [3.8, 4) is 10.6 Å². The normalized spacial score (nSPS) is 12.0. The van der Waals surface area contributed by atoms with Gasteiger partial charge in [-0.2, -0.15) is 13.2 Å². The van der Waals surface area contributed by atoms with Crippen molar-refractivity contribution in [1.29, 1.82) is 0 Å². The van der Waals surface area contributed by atoms with Crippen LogP contribution < -0.4 is 5.73 Å². The van der Waals surface area contributed by atoms with Gasteiger partial charge in [0.25, 0.3) is 0 Å². The van der Waals surface area contributed by atoms with Gasteiger partial charge in [0, 0.05) is 15.7 Å². The number of rotatable bonds is 1. The van der Waals surface area contributed by atoms with Gasteiger partial charge in [0.1, 0.15) is 5.01 Å². The first-order valence-corrected chi connectivity index (χ1v) is 7.49. The number of aromatic nitrogens is 1. The van der Waals surface area contributed by atoms with E-state index >= 15 is 0 Å². The maximum Gasteiger partial charge on any atom is 0.416 e. The Morgan fingerprint density at radius 1 is 1.10 bits per heavy atom. The molecule has 0 radical (unpaired) electrons. The van der Waals surface area contributed by atoms with Crippen molar-refractivity contribution in [3.63, 3.8) is 0 Å². The van der Waals surface area contributed by atoms with Gasteiger partial charge in [-0.05, 0) is 36.4 Å². The van der Waals surface area contributed by atoms with E-state index in [1.807, 2.05) is 18.2 Å². The van der Waals surface area contributed by atoms with Crippen LogP contribution in [0.25, 0.3) is 20.8 Å². The summed E-state index contributed by atoms with van der Waals surface area (Å²) in [4.78, 5) is 4.37. The molecular formula is C14H8BrF3N2S. The van der Waals surface area contributed by atoms with E-state index in [1.165, 1.54) is 17.4 Å². The number of alkyl halides is 3. The quantitative estimate of drug-likeness (QED) is 0.586. The van der Waals surface area contributed by atoms with Crippen LogP contribution in [0.5, 0.6) is 0 Å². The zero-order valence-corrected chi connectivity index (χ0v) is 12.8. The number of nitrogen functional groups attached to an aromatic ring is 1. The second kappa shape index (κ2) is 4.99. The first kappa shape index (κ1) is 14.3. The van der Waals surface area contributed by atoms with Crippen molar-refractivity contribution >= 4 is 43.2 Å². The lowest BCUT2D eigenvalue weighted by atomic mass is 10.1. The number of nitrogens with two attached hydrogens (primary N) is 1. The molecule has 21 heavy (non-hydrogen) atoms. The van der Waals surface area contributed by atoms with Crippen LogP contribution in [-0.4, -0.2) is 4.98 Å². The summed E-state index contributed by atoms with van der Waals surface area (Å²) in [6.45, 7) is 0. The molecular weight excluding hydrogens is 365 g/mol. The highest BCUT2D eigenvalue weighted by Gasteiger charge is 2.31. The van der Waals surface area contributed by atoms with Gasteiger partial charge in [-0.15, -0.1) is 11.3 Å². The third-order valence-corrected chi connectivity index (χ3v) is 4.52. The van der Waals surface area contributed by atoms with E-state index in [9.17, 15) is 13.2 Å². The molecule has 0 aliphatic rings. The van der Waals surface area contributed by atoms with Crippen molar-refractivity contribution in [2.45, 2.75) is 6.18 Å². The molecule has 7 heteroatoms. The minimum absolute atomic E-state index is 0.279. The van der Waals surface area contributed by atoms with Crippen molar-refractivity contribution in [3.05, 3.63) is 46.4 Å². The molecule has 0 amide bonds. The molecule has 3 aromatic rings. The summed E-state index contributed by atoms with van der Waals surface area (Å²) in [6, 6.07) is 8.83. The minimum atomic E-state index is -4.40. The summed E-state index contributed by atoms with van der Waals surface area (Å²) < 4.78 is 40.2. The number of nitrogens with zero attached hydrogens (tertiary/aromatic N) is 1. The number of fused-ring (bicyclic) bond motifs is 1. The summed E-state index contributed by atoms with van der Waals surface area (Å²) in [5.74, 6) is 0. The molecule has 0 saturated carbocycles. The second-order valence-corrected chi connectivity index (χ2v) is 6.38. The lowest BCUT2D eigenvalue weighted by molar-refractivity contribution is -0.137. The van der Waals surface area contributed by atoms with Crippen LogP contribution in [0.15, 0.2) is 40.9 Å². The van der Waals surface area contributed by atoms with Crippen LogP contribution in [0.1, 0.15) is 5.56 Å². The van der Waals surface area contributed by atoms with Crippen LogP contribution in [0.4, 0.5) is 18.9 Å². The van der Waals surface area contributed by atoms with E-state index < -0.39 is 11.7 Å². The SMILES string of the molecule is Nc1ccc(C(F)(F)F)cc1-c1nc2cc(Br)ccc2s1. The summed E-state index contributed by atoms with van der Waals surface area (Å²) in [6.07, 6.45) is -4.40. The smallest absolute Gasteiger partial charge is 0.398 e. The molecule has 3 rings (SSSR count). The van der Waals surface area contributed by atoms with Gasteiger partial charge in [0.15, 0.2) is 0 Å². The van der Waals surface area contributed by atoms with E-state index in [0.717, 1.165) is 26.8 Å². The third-order valence-electron chi connectivity index (χ3n) is 2.96. The average Bonchev–Trinajstić information content (AvgIpc) is 2.80. The molecule has 0 unspecified atom stereocenters. The second-order valence-electron chi connectivity index (χ2n) is 4.43. The van der Waals surface area contributed by atoms with Crippen LogP contribution in [0, 0.1) is 0 Å². The summed E-state index contributed by atoms with van der Waals surface area (Å²) in [5, 5.41) is 0.478. The molecule has 2 nitrogen and oxygen atoms in total. The number of thiazole rings is 1. The Balaban J connectivity index is 2.17. The van der Waals surface area contributed by atoms with Gasteiger partial charge < -0.3 is 5.73 Å². The largest absolute Gasteiger partial charge is 0.416 e. The van der Waals surface area contributed by atoms with Gasteiger partial charge >= 0.3 is 6.18 Å². The Morgan fingerprint density at radius 3 is 2.57 bits per heavy atom. The fourth-order valence-corrected chi connectivity index (χ4v) is 3.27. The highest BCUT2D eigenvalue weighted by molar-refractivity contribution is 9.10. The number of anilines is 1. The molecule has 0 spiro atoms. The first-order chi connectivity index (χ1) is 9.84. The van der Waals surface area contributed by atoms with Crippen molar-refractivity contribution in [1.82, 2.24) is 4.98 Å². The molecule has 108 valence electrons. The number of hydrogen-bond donors (Lipinski definition) is 1. The number of benzene rings is 2. The van der Waals surface area contributed by atoms with E-state index in [1.54, 1.807) is 0 Å². The predicted octanol–water partition coefficient (Wildman–Crippen LogP) is 5.33. The summed E-state index contributed by atoms with van der Waals surface area (Å²) in [7, 11) is 0. The van der Waals surface area contributed by atoms with Gasteiger partial charge in [-0.1, -0.05) is 15.9 Å². The molecule has 2 aromatic carbocycles. The summed E-state index contributed by atoms with van der Waals surface area (Å²) >= 11 is 4.65. The van der Waals surface area contributed by atoms with Gasteiger partial charge in [0.2, 0.25) is 0 Å². The Hall–Kier alpha value is -1.60. The molecule has 0 aliphatic heterocycles. The van der Waals surface area contributed by atoms with Crippen LogP contribution >= 0.6 is 27.3 Å². The highest BCUT2D eigenvalue weighted by atomic mass is 79.9. The fourth-order valence-electron chi connectivity index (χ4n) is 1.93. The molecule has 0 saturated heterocycles. The lowest BCUT2D eigenvalue weighted by Crippen LogP contribution is -2.05. The monoisotopic (exact) mass is 372 g/mol. The van der Waals surface area contributed by atoms with Gasteiger partial charge in [-0.3, -0.25) is 0 Å². The number of hydrogen-bond acceptors (Lipinski definition) is 3. The minimum Gasteiger partial charge on any atom is -0.398 e. The van der Waals surface area contributed by atoms with Gasteiger partial charge in [-0.25, -0.2) is 4.98 Å². The highest BCUT2D eigenvalue weighted by Crippen LogP contribution is 2.38. The summed E-state index contributed by atoms with van der Waals surface area (Å²) in [5.41, 5.74) is 6.39. The van der Waals surface area contributed by atoms with Crippen LogP contribution in [-0.2, 0) is 6.18 Å². The Morgan fingerprint density at radius 2 is 1.86 bits per heavy atom. The third kappa shape index (κ3) is 2.75. The Bertz CT molecular complexity index is 827. The van der Waals surface area contributed by atoms with Crippen molar-refractivity contribution in [2.24, 2.45) is 0 Å². The van der Waals surface area contributed by atoms with Crippen LogP contribution in [0.2, 0.25) is 0 Å². The lowest BCUT2D eigenvalue weighted by Gasteiger charge is -2.09. The van der Waals surface area contributed by atoms with Gasteiger partial charge in [0.05, 0.1) is 15.8 Å². The first-order valence-electron chi connectivity index (χ1n) is 5.88. The number of halogens is 4. The van der Waals surface area contributed by atoms with Crippen LogP contribution in [0.3, 0.4) is 0 Å². The topological polar surface area (TPSA) is 38.9 Å². The molecule has 0 fully saturated rings. The molecule has 0 aliphatic carbocycles. The fraction of sp³-hybridized carbons (Fsp3) is 0.0714. The maximum atomic E-state index is 12.8. The molecule has 1 heterocycles. The average molecular weight is 373 g/mol. The molecule has 0 bridgehead atoms. The molecule has 0 atom stereocenters. The van der Waals surface area contributed by atoms with E-state index in [2.05, 4.69) is 20.9 Å². The van der Waals surface area contributed by atoms with E-state index in [0.29, 0.717) is 10.6 Å². The maximum absolute atomic E-state index is 12.8. The molecule has 2 N–H and O–H groups in total. The predicted molar refractivity (Wildman–Crippen MR) is 82.2 cm³/mol. The Kier molecular flexibility index (Phi) is 3.41. The zero-order valence-electron chi connectivity index (χ0n) is 10.4. The van der Waals surface area contributed by atoms with E-state index in [-0.39, 0.29) is 5.69 Å².